The molecule has 138 valence electrons. The molecule has 3 heterocycles. The number of ether oxygens (including phenoxy) is 2. The third-order valence-electron chi connectivity index (χ3n) is 3.85. The predicted molar refractivity (Wildman–Crippen MR) is 99.9 cm³/mol. The first-order chi connectivity index (χ1) is 12.2. The van der Waals surface area contributed by atoms with Crippen molar-refractivity contribution in [3.63, 3.8) is 0 Å². The van der Waals surface area contributed by atoms with Gasteiger partial charge in [0.25, 0.3) is 0 Å². The second kappa shape index (κ2) is 6.95. The van der Waals surface area contributed by atoms with Crippen molar-refractivity contribution in [2.75, 3.05) is 13.2 Å². The first kappa shape index (κ1) is 18.2. The molecular weight excluding hydrogens is 354 g/mol. The van der Waals surface area contributed by atoms with Crippen molar-refractivity contribution in [1.82, 2.24) is 9.88 Å². The van der Waals surface area contributed by atoms with Gasteiger partial charge < -0.3 is 15.2 Å². The highest BCUT2D eigenvalue weighted by atomic mass is 32.1. The molecule has 0 fully saturated rings. The fourth-order valence-electron chi connectivity index (χ4n) is 2.79. The van der Waals surface area contributed by atoms with Gasteiger partial charge in [-0.05, 0) is 44.0 Å². The van der Waals surface area contributed by atoms with E-state index in [-0.39, 0.29) is 6.61 Å². The van der Waals surface area contributed by atoms with Gasteiger partial charge in [-0.25, -0.2) is 14.6 Å². The lowest BCUT2D eigenvalue weighted by Crippen LogP contribution is -2.42. The SMILES string of the molecule is CC(C)(C)OC(=O)N1CC(c2csc3ncccc23)=CC1COC(N)=O. The molecule has 0 saturated heterocycles. The number of aromatic nitrogens is 1. The summed E-state index contributed by atoms with van der Waals surface area (Å²) in [5.74, 6) is 0. The molecule has 0 bridgehead atoms. The maximum Gasteiger partial charge on any atom is 0.411 e. The van der Waals surface area contributed by atoms with E-state index in [1.807, 2.05) is 44.4 Å². The van der Waals surface area contributed by atoms with Crippen LogP contribution in [-0.4, -0.2) is 46.9 Å². The Morgan fingerprint density at radius 2 is 2.19 bits per heavy atom. The molecule has 0 spiro atoms. The van der Waals surface area contributed by atoms with Gasteiger partial charge in [0.1, 0.15) is 17.0 Å². The fraction of sp³-hybridized carbons (Fsp3) is 0.389. The Labute approximate surface area is 155 Å². The molecule has 1 aliphatic rings. The molecule has 1 unspecified atom stereocenters. The maximum atomic E-state index is 12.6. The van der Waals surface area contributed by atoms with Crippen LogP contribution >= 0.6 is 11.3 Å². The van der Waals surface area contributed by atoms with E-state index in [0.717, 1.165) is 21.4 Å². The maximum absolute atomic E-state index is 12.6. The van der Waals surface area contributed by atoms with Gasteiger partial charge in [-0.1, -0.05) is 6.08 Å². The minimum atomic E-state index is -0.874. The first-order valence-electron chi connectivity index (χ1n) is 8.20. The van der Waals surface area contributed by atoms with Crippen molar-refractivity contribution < 1.29 is 19.1 Å². The Morgan fingerprint density at radius 3 is 2.88 bits per heavy atom. The number of pyridine rings is 1. The molecule has 2 amide bonds. The zero-order chi connectivity index (χ0) is 18.9. The number of fused-ring (bicyclic) bond motifs is 1. The third kappa shape index (κ3) is 3.96. The minimum Gasteiger partial charge on any atom is -0.447 e. The van der Waals surface area contributed by atoms with Gasteiger partial charge in [0.15, 0.2) is 0 Å². The number of hydrogen-bond acceptors (Lipinski definition) is 6. The molecule has 2 N–H and O–H groups in total. The van der Waals surface area contributed by atoms with Crippen molar-refractivity contribution in [1.29, 1.82) is 0 Å². The van der Waals surface area contributed by atoms with Crippen LogP contribution in [0.5, 0.6) is 0 Å². The lowest BCUT2D eigenvalue weighted by molar-refractivity contribution is 0.0189. The number of primary amides is 1. The average Bonchev–Trinajstić information content (AvgIpc) is 3.15. The minimum absolute atomic E-state index is 0.0155. The molecular formula is C18H21N3O4S. The lowest BCUT2D eigenvalue weighted by Gasteiger charge is -2.28. The average molecular weight is 375 g/mol. The molecule has 0 saturated carbocycles. The summed E-state index contributed by atoms with van der Waals surface area (Å²) < 4.78 is 10.4. The van der Waals surface area contributed by atoms with Gasteiger partial charge in [-0.15, -0.1) is 11.3 Å². The quantitative estimate of drug-likeness (QED) is 0.887. The van der Waals surface area contributed by atoms with Crippen LogP contribution < -0.4 is 5.73 Å². The summed E-state index contributed by atoms with van der Waals surface area (Å²) in [4.78, 5) is 30.4. The number of carbonyl (C=O) groups excluding carboxylic acids is 2. The molecule has 1 atom stereocenters. The van der Waals surface area contributed by atoms with E-state index in [4.69, 9.17) is 15.2 Å². The number of hydrogen-bond donors (Lipinski definition) is 1. The van der Waals surface area contributed by atoms with Crippen molar-refractivity contribution in [2.24, 2.45) is 5.73 Å². The van der Waals surface area contributed by atoms with E-state index in [2.05, 4.69) is 4.98 Å². The summed E-state index contributed by atoms with van der Waals surface area (Å²) in [7, 11) is 0. The van der Waals surface area contributed by atoms with Crippen molar-refractivity contribution in [3.05, 3.63) is 35.3 Å². The van der Waals surface area contributed by atoms with E-state index in [0.29, 0.717) is 6.54 Å². The molecule has 2 aromatic heterocycles. The lowest BCUT2D eigenvalue weighted by atomic mass is 10.1. The van der Waals surface area contributed by atoms with Gasteiger partial charge in [-0.2, -0.15) is 0 Å². The Balaban J connectivity index is 1.88. The molecule has 0 aromatic carbocycles. The fourth-order valence-corrected chi connectivity index (χ4v) is 3.73. The Hall–Kier alpha value is -2.61. The zero-order valence-corrected chi connectivity index (χ0v) is 15.7. The standard InChI is InChI=1S/C18H21N3O4S/c1-18(2,3)25-17(23)21-8-11(7-12(21)9-24-16(19)22)14-10-26-15-13(14)5-4-6-20-15/h4-7,10,12H,8-9H2,1-3H3,(H2,19,22). The van der Waals surface area contributed by atoms with Crippen LogP contribution in [0.2, 0.25) is 0 Å². The van der Waals surface area contributed by atoms with Gasteiger partial charge in [0.05, 0.1) is 12.6 Å². The highest BCUT2D eigenvalue weighted by Gasteiger charge is 2.34. The number of nitrogens with zero attached hydrogens (tertiary/aromatic N) is 2. The summed E-state index contributed by atoms with van der Waals surface area (Å²) in [6.45, 7) is 5.77. The molecule has 1 aliphatic heterocycles. The van der Waals surface area contributed by atoms with E-state index in [1.54, 1.807) is 22.4 Å². The van der Waals surface area contributed by atoms with E-state index in [9.17, 15) is 9.59 Å². The van der Waals surface area contributed by atoms with Crippen LogP contribution in [0.1, 0.15) is 26.3 Å². The van der Waals surface area contributed by atoms with Crippen molar-refractivity contribution in [3.8, 4) is 0 Å². The smallest absolute Gasteiger partial charge is 0.411 e. The third-order valence-corrected chi connectivity index (χ3v) is 4.76. The summed E-state index contributed by atoms with van der Waals surface area (Å²) in [5.41, 5.74) is 6.44. The van der Waals surface area contributed by atoms with Crippen LogP contribution in [0.15, 0.2) is 29.8 Å². The van der Waals surface area contributed by atoms with Crippen LogP contribution in [0, 0.1) is 0 Å². The Kier molecular flexibility index (Phi) is 4.86. The summed E-state index contributed by atoms with van der Waals surface area (Å²) in [5, 5.41) is 3.05. The molecule has 2 aromatic rings. The monoisotopic (exact) mass is 375 g/mol. The molecule has 3 rings (SSSR count). The highest BCUT2D eigenvalue weighted by Crippen LogP contribution is 2.34. The highest BCUT2D eigenvalue weighted by molar-refractivity contribution is 7.17. The summed E-state index contributed by atoms with van der Waals surface area (Å²) in [6, 6.07) is 3.45. The molecule has 26 heavy (non-hydrogen) atoms. The number of rotatable bonds is 3. The van der Waals surface area contributed by atoms with Crippen LogP contribution in [-0.2, 0) is 9.47 Å². The van der Waals surface area contributed by atoms with Gasteiger partial charge in [0, 0.05) is 17.0 Å². The Bertz CT molecular complexity index is 869. The van der Waals surface area contributed by atoms with Gasteiger partial charge in [-0.3, -0.25) is 4.90 Å². The number of carbonyl (C=O) groups is 2. The topological polar surface area (TPSA) is 94.8 Å². The van der Waals surface area contributed by atoms with Crippen molar-refractivity contribution >= 4 is 39.3 Å². The zero-order valence-electron chi connectivity index (χ0n) is 14.9. The normalized spacial score (nSPS) is 17.3. The second-order valence-electron chi connectivity index (χ2n) is 7.00. The van der Waals surface area contributed by atoms with Crippen LogP contribution in [0.4, 0.5) is 9.59 Å². The van der Waals surface area contributed by atoms with Crippen molar-refractivity contribution in [2.45, 2.75) is 32.4 Å². The number of thiophene rings is 1. The molecule has 0 aliphatic carbocycles. The van der Waals surface area contributed by atoms with E-state index >= 15 is 0 Å². The van der Waals surface area contributed by atoms with Crippen LogP contribution in [0.25, 0.3) is 15.8 Å². The first-order valence-corrected chi connectivity index (χ1v) is 9.08. The molecule has 8 heteroatoms. The van der Waals surface area contributed by atoms with E-state index < -0.39 is 23.8 Å². The molecule has 0 radical (unpaired) electrons. The van der Waals surface area contributed by atoms with E-state index in [1.165, 1.54) is 0 Å². The van der Waals surface area contributed by atoms with Gasteiger partial charge in [0.2, 0.25) is 0 Å². The van der Waals surface area contributed by atoms with Crippen LogP contribution in [0.3, 0.4) is 0 Å². The Morgan fingerprint density at radius 1 is 1.42 bits per heavy atom. The summed E-state index contributed by atoms with van der Waals surface area (Å²) >= 11 is 1.55. The number of amides is 2. The largest absolute Gasteiger partial charge is 0.447 e. The summed E-state index contributed by atoms with van der Waals surface area (Å²) in [6.07, 6.45) is 2.34. The number of nitrogens with two attached hydrogens (primary N) is 1. The van der Waals surface area contributed by atoms with Gasteiger partial charge >= 0.3 is 12.2 Å². The predicted octanol–water partition coefficient (Wildman–Crippen LogP) is 3.39. The second-order valence-corrected chi connectivity index (χ2v) is 7.86. The molecule has 7 nitrogen and oxygen atoms in total.